The van der Waals surface area contributed by atoms with E-state index in [9.17, 15) is 22.7 Å². The first-order chi connectivity index (χ1) is 13.3. The summed E-state index contributed by atoms with van der Waals surface area (Å²) < 4.78 is 45.9. The second kappa shape index (κ2) is 6.86. The summed E-state index contributed by atoms with van der Waals surface area (Å²) in [6.45, 7) is 0.482. The number of Topliss-reactive ketones (excluding diaryl/α,β-unsaturated/α-hetero) is 1. The number of carbonyl (C=O) groups excluding carboxylic acids is 1. The van der Waals surface area contributed by atoms with Gasteiger partial charge in [0, 0.05) is 32.0 Å². The van der Waals surface area contributed by atoms with E-state index in [0.29, 0.717) is 29.7 Å². The van der Waals surface area contributed by atoms with Gasteiger partial charge in [-0.2, -0.15) is 0 Å². The number of benzene rings is 2. The predicted molar refractivity (Wildman–Crippen MR) is 100 cm³/mol. The zero-order valence-corrected chi connectivity index (χ0v) is 15.9. The van der Waals surface area contributed by atoms with Crippen LogP contribution in [-0.4, -0.2) is 42.3 Å². The zero-order chi connectivity index (χ0) is 19.9. The Kier molecular flexibility index (Phi) is 4.63. The third-order valence-electron chi connectivity index (χ3n) is 5.36. The van der Waals surface area contributed by atoms with Gasteiger partial charge in [0.15, 0.2) is 5.78 Å². The normalized spacial score (nSPS) is 19.2. The van der Waals surface area contributed by atoms with Crippen molar-refractivity contribution in [2.24, 2.45) is 0 Å². The van der Waals surface area contributed by atoms with Gasteiger partial charge in [-0.3, -0.25) is 4.79 Å². The molecule has 0 radical (unpaired) electrons. The molecule has 1 saturated heterocycles. The Morgan fingerprint density at radius 3 is 2.46 bits per heavy atom. The number of sulfonamides is 1. The molecule has 4 rings (SSSR count). The van der Waals surface area contributed by atoms with Crippen LogP contribution >= 0.6 is 0 Å². The van der Waals surface area contributed by atoms with Gasteiger partial charge < -0.3 is 9.84 Å². The van der Waals surface area contributed by atoms with Gasteiger partial charge >= 0.3 is 0 Å². The van der Waals surface area contributed by atoms with E-state index in [1.54, 1.807) is 6.07 Å². The van der Waals surface area contributed by atoms with Crippen molar-refractivity contribution in [2.75, 3.05) is 13.1 Å². The van der Waals surface area contributed by atoms with Crippen LogP contribution in [0.3, 0.4) is 0 Å². The number of halogens is 1. The topological polar surface area (TPSA) is 83.9 Å². The van der Waals surface area contributed by atoms with Crippen molar-refractivity contribution in [1.29, 1.82) is 0 Å². The molecule has 2 aromatic rings. The number of nitrogens with zero attached hydrogens (tertiary/aromatic N) is 1. The standard InChI is InChI=1S/C20H20FNO5S/c21-15-3-1-14(2-4-15)13-28(25,26)22-9-7-20(8-10-22)12-18(24)17-6-5-16(23)11-19(17)27-20/h1-6,11,23H,7-10,12-13H2. The number of hydrogen-bond donors (Lipinski definition) is 1. The number of phenolic OH excluding ortho intramolecular Hbond substituents is 1. The van der Waals surface area contributed by atoms with Crippen LogP contribution in [0, 0.1) is 5.82 Å². The summed E-state index contributed by atoms with van der Waals surface area (Å²) in [4.78, 5) is 12.5. The van der Waals surface area contributed by atoms with Crippen LogP contribution in [0.1, 0.15) is 35.2 Å². The van der Waals surface area contributed by atoms with Crippen molar-refractivity contribution in [3.63, 3.8) is 0 Å². The molecule has 0 aliphatic carbocycles. The monoisotopic (exact) mass is 405 g/mol. The van der Waals surface area contributed by atoms with Crippen molar-refractivity contribution in [2.45, 2.75) is 30.6 Å². The minimum Gasteiger partial charge on any atom is -0.508 e. The van der Waals surface area contributed by atoms with E-state index < -0.39 is 21.4 Å². The number of carbonyl (C=O) groups is 1. The average molecular weight is 405 g/mol. The number of fused-ring (bicyclic) bond motifs is 1. The summed E-state index contributed by atoms with van der Waals surface area (Å²) in [5.74, 6) is -0.311. The Labute approximate surface area is 162 Å². The Hall–Kier alpha value is -2.45. The van der Waals surface area contributed by atoms with Crippen LogP contribution in [0.25, 0.3) is 0 Å². The Bertz CT molecular complexity index is 1010. The quantitative estimate of drug-likeness (QED) is 0.849. The highest BCUT2D eigenvalue weighted by Crippen LogP contribution is 2.41. The lowest BCUT2D eigenvalue weighted by Gasteiger charge is -2.43. The van der Waals surface area contributed by atoms with E-state index in [1.165, 1.54) is 40.7 Å². The second-order valence-corrected chi connectivity index (χ2v) is 9.32. The molecule has 0 unspecified atom stereocenters. The van der Waals surface area contributed by atoms with E-state index in [1.807, 2.05) is 0 Å². The molecule has 8 heteroatoms. The molecule has 0 amide bonds. The fourth-order valence-electron chi connectivity index (χ4n) is 3.82. The van der Waals surface area contributed by atoms with E-state index in [4.69, 9.17) is 4.74 Å². The second-order valence-electron chi connectivity index (χ2n) is 7.35. The number of piperidine rings is 1. The van der Waals surface area contributed by atoms with Crippen LogP contribution < -0.4 is 4.74 Å². The van der Waals surface area contributed by atoms with Gasteiger partial charge in [-0.05, 0) is 29.8 Å². The van der Waals surface area contributed by atoms with Gasteiger partial charge in [0.05, 0.1) is 17.7 Å². The Morgan fingerprint density at radius 1 is 1.11 bits per heavy atom. The Balaban J connectivity index is 1.47. The largest absolute Gasteiger partial charge is 0.508 e. The SMILES string of the molecule is O=C1CC2(CCN(S(=O)(=O)Cc3ccc(F)cc3)CC2)Oc2cc(O)ccc21. The molecule has 2 aliphatic heterocycles. The van der Waals surface area contributed by atoms with Crippen LogP contribution in [0.4, 0.5) is 4.39 Å². The molecule has 148 valence electrons. The van der Waals surface area contributed by atoms with Crippen molar-refractivity contribution in [3.05, 3.63) is 59.4 Å². The molecular weight excluding hydrogens is 385 g/mol. The number of phenols is 1. The molecule has 0 atom stereocenters. The number of hydrogen-bond acceptors (Lipinski definition) is 5. The van der Waals surface area contributed by atoms with Gasteiger partial charge in [0.1, 0.15) is 22.9 Å². The maximum atomic E-state index is 13.0. The van der Waals surface area contributed by atoms with Crippen molar-refractivity contribution in [3.8, 4) is 11.5 Å². The van der Waals surface area contributed by atoms with Gasteiger partial charge in [-0.1, -0.05) is 12.1 Å². The minimum atomic E-state index is -3.55. The molecule has 1 fully saturated rings. The molecule has 1 spiro atoms. The number of ether oxygens (including phenoxy) is 1. The molecule has 2 aliphatic rings. The molecule has 28 heavy (non-hydrogen) atoms. The molecule has 0 aromatic heterocycles. The number of ketones is 1. The summed E-state index contributed by atoms with van der Waals surface area (Å²) in [6.07, 6.45) is 0.962. The lowest BCUT2D eigenvalue weighted by atomic mass is 9.83. The van der Waals surface area contributed by atoms with E-state index >= 15 is 0 Å². The van der Waals surface area contributed by atoms with Gasteiger partial charge in [0.25, 0.3) is 0 Å². The predicted octanol–water partition coefficient (Wildman–Crippen LogP) is 2.86. The van der Waals surface area contributed by atoms with Crippen LogP contribution in [0.15, 0.2) is 42.5 Å². The lowest BCUT2D eigenvalue weighted by molar-refractivity contribution is 0.00578. The van der Waals surface area contributed by atoms with Crippen molar-refractivity contribution in [1.82, 2.24) is 4.31 Å². The fourth-order valence-corrected chi connectivity index (χ4v) is 5.35. The maximum Gasteiger partial charge on any atom is 0.218 e. The number of aromatic hydroxyl groups is 1. The van der Waals surface area contributed by atoms with Gasteiger partial charge in [-0.15, -0.1) is 0 Å². The summed E-state index contributed by atoms with van der Waals surface area (Å²) in [5, 5.41) is 9.67. The lowest BCUT2D eigenvalue weighted by Crippen LogP contribution is -2.52. The molecule has 2 heterocycles. The average Bonchev–Trinajstić information content (AvgIpc) is 2.63. The van der Waals surface area contributed by atoms with Crippen LogP contribution in [0.5, 0.6) is 11.5 Å². The van der Waals surface area contributed by atoms with E-state index in [2.05, 4.69) is 0 Å². The third-order valence-corrected chi connectivity index (χ3v) is 7.21. The smallest absolute Gasteiger partial charge is 0.218 e. The highest BCUT2D eigenvalue weighted by atomic mass is 32.2. The first-order valence-electron chi connectivity index (χ1n) is 9.04. The highest BCUT2D eigenvalue weighted by molar-refractivity contribution is 7.88. The molecule has 2 aromatic carbocycles. The van der Waals surface area contributed by atoms with Crippen molar-refractivity contribution >= 4 is 15.8 Å². The third kappa shape index (κ3) is 3.62. The highest BCUT2D eigenvalue weighted by Gasteiger charge is 2.44. The summed E-state index contributed by atoms with van der Waals surface area (Å²) in [7, 11) is -3.55. The maximum absolute atomic E-state index is 13.0. The first kappa shape index (κ1) is 18.9. The zero-order valence-electron chi connectivity index (χ0n) is 15.1. The van der Waals surface area contributed by atoms with Crippen molar-refractivity contribution < 1.29 is 27.4 Å². The molecular formula is C20H20FNO5S. The van der Waals surface area contributed by atoms with Crippen LogP contribution in [-0.2, 0) is 15.8 Å². The Morgan fingerprint density at radius 2 is 1.79 bits per heavy atom. The molecule has 0 saturated carbocycles. The van der Waals surface area contributed by atoms with Gasteiger partial charge in [0.2, 0.25) is 10.0 Å². The van der Waals surface area contributed by atoms with Crippen LogP contribution in [0.2, 0.25) is 0 Å². The minimum absolute atomic E-state index is 0.0166. The summed E-state index contributed by atoms with van der Waals surface area (Å²) >= 11 is 0. The number of rotatable bonds is 3. The molecule has 1 N–H and O–H groups in total. The van der Waals surface area contributed by atoms with E-state index in [-0.39, 0.29) is 36.8 Å². The first-order valence-corrected chi connectivity index (χ1v) is 10.6. The van der Waals surface area contributed by atoms with Gasteiger partial charge in [-0.25, -0.2) is 17.1 Å². The summed E-state index contributed by atoms with van der Waals surface area (Å²) in [6, 6.07) is 9.82. The molecule has 6 nitrogen and oxygen atoms in total. The summed E-state index contributed by atoms with van der Waals surface area (Å²) in [5.41, 5.74) is 0.213. The fraction of sp³-hybridized carbons (Fsp3) is 0.350. The molecule has 0 bridgehead atoms. The van der Waals surface area contributed by atoms with E-state index in [0.717, 1.165) is 0 Å².